The van der Waals surface area contributed by atoms with Crippen molar-refractivity contribution in [2.45, 2.75) is 45.4 Å². The van der Waals surface area contributed by atoms with Crippen LogP contribution in [-0.2, 0) is 11.2 Å². The van der Waals surface area contributed by atoms with E-state index in [-0.39, 0.29) is 0 Å². The van der Waals surface area contributed by atoms with Crippen LogP contribution >= 0.6 is 11.3 Å². The maximum absolute atomic E-state index is 11.9. The van der Waals surface area contributed by atoms with Gasteiger partial charge in [-0.05, 0) is 19.8 Å². The number of hydrogen-bond donors (Lipinski definition) is 0. The van der Waals surface area contributed by atoms with Crippen LogP contribution in [0.5, 0.6) is 0 Å². The number of hydrogen-bond acceptors (Lipinski definition) is 3. The first-order chi connectivity index (χ1) is 7.25. The maximum Gasteiger partial charge on any atom is 0.141 e. The molecule has 0 aromatic carbocycles. The van der Waals surface area contributed by atoms with Crippen molar-refractivity contribution in [1.82, 2.24) is 4.98 Å². The zero-order valence-corrected chi connectivity index (χ0v) is 9.98. The van der Waals surface area contributed by atoms with Crippen molar-refractivity contribution in [3.63, 3.8) is 0 Å². The second-order valence-electron chi connectivity index (χ2n) is 4.34. The van der Waals surface area contributed by atoms with Gasteiger partial charge in [0.1, 0.15) is 5.78 Å². The van der Waals surface area contributed by atoms with E-state index in [0.29, 0.717) is 18.1 Å². The molecular formula is C12H17NOS. The summed E-state index contributed by atoms with van der Waals surface area (Å²) in [5.74, 6) is 0.723. The Kier molecular flexibility index (Phi) is 3.52. The number of aromatic nitrogens is 1. The van der Waals surface area contributed by atoms with E-state index in [4.69, 9.17) is 0 Å². The van der Waals surface area contributed by atoms with Crippen molar-refractivity contribution >= 4 is 17.1 Å². The van der Waals surface area contributed by atoms with Crippen LogP contribution in [0.1, 0.15) is 42.8 Å². The first-order valence-corrected chi connectivity index (χ1v) is 6.57. The number of nitrogens with zero attached hydrogens (tertiary/aromatic N) is 1. The van der Waals surface area contributed by atoms with E-state index in [1.807, 2.05) is 12.3 Å². The van der Waals surface area contributed by atoms with Crippen LogP contribution in [0.15, 0.2) is 5.38 Å². The molecule has 0 N–H and O–H groups in total. The quantitative estimate of drug-likeness (QED) is 0.788. The van der Waals surface area contributed by atoms with Gasteiger partial charge in [-0.3, -0.25) is 4.79 Å². The lowest BCUT2D eigenvalue weighted by molar-refractivity contribution is -0.123. The van der Waals surface area contributed by atoms with Gasteiger partial charge in [0, 0.05) is 17.7 Å². The maximum atomic E-state index is 11.9. The Morgan fingerprint density at radius 3 is 2.80 bits per heavy atom. The van der Waals surface area contributed by atoms with Gasteiger partial charge in [0.25, 0.3) is 0 Å². The molecule has 1 aromatic rings. The summed E-state index contributed by atoms with van der Waals surface area (Å²) in [6, 6.07) is 0. The molecule has 2 rings (SSSR count). The van der Waals surface area contributed by atoms with Gasteiger partial charge in [-0.2, -0.15) is 0 Å². The highest BCUT2D eigenvalue weighted by Crippen LogP contribution is 2.25. The molecule has 1 heterocycles. The van der Waals surface area contributed by atoms with Gasteiger partial charge >= 0.3 is 0 Å². The Morgan fingerprint density at radius 1 is 1.47 bits per heavy atom. The number of ketones is 1. The number of carbonyl (C=O) groups is 1. The molecule has 1 aromatic heterocycles. The number of thiazole rings is 1. The minimum Gasteiger partial charge on any atom is -0.299 e. The number of rotatable bonds is 3. The molecule has 82 valence electrons. The van der Waals surface area contributed by atoms with Gasteiger partial charge in [-0.15, -0.1) is 11.3 Å². The van der Waals surface area contributed by atoms with E-state index < -0.39 is 0 Å². The molecule has 0 aliphatic heterocycles. The topological polar surface area (TPSA) is 30.0 Å². The van der Waals surface area contributed by atoms with Gasteiger partial charge < -0.3 is 0 Å². The number of carbonyl (C=O) groups excluding carboxylic acids is 1. The molecule has 3 heteroatoms. The lowest BCUT2D eigenvalue weighted by Gasteiger charge is -2.19. The van der Waals surface area contributed by atoms with E-state index in [1.165, 1.54) is 19.3 Å². The Balaban J connectivity index is 1.91. The van der Waals surface area contributed by atoms with E-state index in [2.05, 4.69) is 4.98 Å². The molecule has 0 radical (unpaired) electrons. The van der Waals surface area contributed by atoms with E-state index in [9.17, 15) is 4.79 Å². The van der Waals surface area contributed by atoms with Crippen molar-refractivity contribution in [2.24, 2.45) is 5.92 Å². The Bertz CT molecular complexity index is 339. The van der Waals surface area contributed by atoms with Crippen LogP contribution in [0.2, 0.25) is 0 Å². The highest BCUT2D eigenvalue weighted by molar-refractivity contribution is 7.09. The fraction of sp³-hybridized carbons (Fsp3) is 0.667. The minimum absolute atomic E-state index is 0.320. The smallest absolute Gasteiger partial charge is 0.141 e. The Morgan fingerprint density at radius 2 is 2.20 bits per heavy atom. The van der Waals surface area contributed by atoms with E-state index >= 15 is 0 Å². The fourth-order valence-corrected chi connectivity index (χ4v) is 2.85. The molecule has 1 fully saturated rings. The van der Waals surface area contributed by atoms with Crippen molar-refractivity contribution < 1.29 is 4.79 Å². The lowest BCUT2D eigenvalue weighted by atomic mass is 9.85. The first kappa shape index (κ1) is 10.8. The summed E-state index contributed by atoms with van der Waals surface area (Å²) in [4.78, 5) is 16.3. The van der Waals surface area contributed by atoms with Crippen LogP contribution in [0.4, 0.5) is 0 Å². The molecule has 0 atom stereocenters. The molecule has 0 spiro atoms. The summed E-state index contributed by atoms with van der Waals surface area (Å²) in [6.07, 6.45) is 6.51. The van der Waals surface area contributed by atoms with Crippen LogP contribution in [0.25, 0.3) is 0 Å². The van der Waals surface area contributed by atoms with Crippen LogP contribution in [0, 0.1) is 12.8 Å². The van der Waals surface area contributed by atoms with E-state index in [1.54, 1.807) is 11.3 Å². The third kappa shape index (κ3) is 2.88. The largest absolute Gasteiger partial charge is 0.299 e. The van der Waals surface area contributed by atoms with Gasteiger partial charge in [-0.1, -0.05) is 19.3 Å². The van der Waals surface area contributed by atoms with Gasteiger partial charge in [-0.25, -0.2) is 4.98 Å². The Hall–Kier alpha value is -0.700. The first-order valence-electron chi connectivity index (χ1n) is 5.69. The zero-order valence-electron chi connectivity index (χ0n) is 9.16. The molecule has 15 heavy (non-hydrogen) atoms. The second kappa shape index (κ2) is 4.88. The normalized spacial score (nSPS) is 17.9. The third-order valence-electron chi connectivity index (χ3n) is 3.08. The lowest BCUT2D eigenvalue weighted by Crippen LogP contribution is -2.19. The fourth-order valence-electron chi connectivity index (χ4n) is 2.24. The summed E-state index contributed by atoms with van der Waals surface area (Å²) < 4.78 is 0. The average molecular weight is 223 g/mol. The summed E-state index contributed by atoms with van der Waals surface area (Å²) >= 11 is 1.63. The Labute approximate surface area is 94.7 Å². The number of aryl methyl sites for hydroxylation is 1. The standard InChI is InChI=1S/C12H17NOS/c1-9-13-11(8-15-9)7-12(14)10-5-3-2-4-6-10/h8,10H,2-7H2,1H3. The van der Waals surface area contributed by atoms with Crippen molar-refractivity contribution in [3.8, 4) is 0 Å². The molecule has 0 bridgehead atoms. The van der Waals surface area contributed by atoms with Crippen molar-refractivity contribution in [2.75, 3.05) is 0 Å². The molecule has 1 aliphatic carbocycles. The average Bonchev–Trinajstić information content (AvgIpc) is 2.65. The number of Topliss-reactive ketones (excluding diaryl/α,β-unsaturated/α-hetero) is 1. The zero-order chi connectivity index (χ0) is 10.7. The molecule has 1 saturated carbocycles. The predicted octanol–water partition coefficient (Wildman–Crippen LogP) is 3.14. The van der Waals surface area contributed by atoms with Gasteiger partial charge in [0.15, 0.2) is 0 Å². The summed E-state index contributed by atoms with van der Waals surface area (Å²) in [5, 5.41) is 3.07. The predicted molar refractivity (Wildman–Crippen MR) is 62.1 cm³/mol. The highest BCUT2D eigenvalue weighted by atomic mass is 32.1. The van der Waals surface area contributed by atoms with Crippen molar-refractivity contribution in [1.29, 1.82) is 0 Å². The summed E-state index contributed by atoms with van der Waals surface area (Å²) in [7, 11) is 0. The summed E-state index contributed by atoms with van der Waals surface area (Å²) in [5.41, 5.74) is 0.966. The van der Waals surface area contributed by atoms with Crippen LogP contribution < -0.4 is 0 Å². The van der Waals surface area contributed by atoms with E-state index in [0.717, 1.165) is 23.5 Å². The highest BCUT2D eigenvalue weighted by Gasteiger charge is 2.21. The van der Waals surface area contributed by atoms with Crippen LogP contribution in [0.3, 0.4) is 0 Å². The minimum atomic E-state index is 0.320. The molecular weight excluding hydrogens is 206 g/mol. The molecule has 1 aliphatic rings. The molecule has 0 amide bonds. The third-order valence-corrected chi connectivity index (χ3v) is 3.90. The van der Waals surface area contributed by atoms with Crippen molar-refractivity contribution in [3.05, 3.63) is 16.1 Å². The van der Waals surface area contributed by atoms with Gasteiger partial charge in [0.05, 0.1) is 10.7 Å². The molecule has 0 saturated heterocycles. The summed E-state index contributed by atoms with van der Waals surface area (Å²) in [6.45, 7) is 1.99. The van der Waals surface area contributed by atoms with Gasteiger partial charge in [0.2, 0.25) is 0 Å². The SMILES string of the molecule is Cc1nc(CC(=O)C2CCCCC2)cs1. The van der Waals surface area contributed by atoms with Crippen LogP contribution in [-0.4, -0.2) is 10.8 Å². The monoisotopic (exact) mass is 223 g/mol. The second-order valence-corrected chi connectivity index (χ2v) is 5.40. The molecule has 0 unspecified atom stereocenters. The molecule has 2 nitrogen and oxygen atoms in total.